The molecule has 0 spiro atoms. The Morgan fingerprint density at radius 2 is 1.94 bits per heavy atom. The highest BCUT2D eigenvalue weighted by molar-refractivity contribution is 7.13. The molecule has 0 radical (unpaired) electrons. The van der Waals surface area contributed by atoms with Crippen molar-refractivity contribution in [3.8, 4) is 0 Å². The number of hydrogen-bond donors (Lipinski definition) is 2. The molecular formula is C23H36N4O4S. The molecule has 1 aromatic rings. The summed E-state index contributed by atoms with van der Waals surface area (Å²) in [6, 6.07) is 1.94. The van der Waals surface area contributed by atoms with Crippen molar-refractivity contribution in [3.05, 3.63) is 21.4 Å². The van der Waals surface area contributed by atoms with Gasteiger partial charge in [0.05, 0.1) is 23.8 Å². The van der Waals surface area contributed by atoms with Gasteiger partial charge in [0.15, 0.2) is 0 Å². The topological polar surface area (TPSA) is 106 Å². The Kier molecular flexibility index (Phi) is 9.71. The minimum atomic E-state index is -0.528. The van der Waals surface area contributed by atoms with Crippen molar-refractivity contribution >= 4 is 40.9 Å². The summed E-state index contributed by atoms with van der Waals surface area (Å²) in [6.45, 7) is 12.2. The standard InChI is InChI=1S/C23H36N4O4S/c1-6-9-27(10-7-2)21(28)16-12-19-18(26-20(24)13-16)14-17(32-19)15-30-11-8-25-22(29)31-23(3,4)5/h12,14H,6-11,13,15H2,1-5H3,(H2,24,26)(H,25,29). The molecule has 0 unspecified atom stereocenters. The second-order valence-electron chi connectivity index (χ2n) is 8.69. The van der Waals surface area contributed by atoms with Crippen molar-refractivity contribution in [2.45, 2.75) is 66.1 Å². The number of alkyl carbamates (subject to hydrolysis) is 1. The second-order valence-corrected chi connectivity index (χ2v) is 9.85. The van der Waals surface area contributed by atoms with E-state index in [1.54, 1.807) is 0 Å². The summed E-state index contributed by atoms with van der Waals surface area (Å²) in [7, 11) is 0. The van der Waals surface area contributed by atoms with E-state index in [0.29, 0.717) is 37.6 Å². The summed E-state index contributed by atoms with van der Waals surface area (Å²) in [5, 5.41) is 2.67. The first-order valence-corrected chi connectivity index (χ1v) is 11.9. The fourth-order valence-corrected chi connectivity index (χ4v) is 4.22. The molecule has 0 bridgehead atoms. The molecule has 1 aliphatic rings. The van der Waals surface area contributed by atoms with Gasteiger partial charge in [0.25, 0.3) is 0 Å². The van der Waals surface area contributed by atoms with Gasteiger partial charge in [0.2, 0.25) is 5.91 Å². The minimum Gasteiger partial charge on any atom is -0.444 e. The largest absolute Gasteiger partial charge is 0.444 e. The molecule has 2 amide bonds. The monoisotopic (exact) mass is 464 g/mol. The Balaban J connectivity index is 1.97. The number of amidine groups is 1. The SMILES string of the molecule is CCCN(CCC)C(=O)C1=Cc2sc(COCCNC(=O)OC(C)(C)C)cc2N=C(N)C1. The number of ether oxygens (including phenoxy) is 2. The van der Waals surface area contributed by atoms with Gasteiger partial charge < -0.3 is 25.4 Å². The summed E-state index contributed by atoms with van der Waals surface area (Å²) in [5.41, 5.74) is 7.01. The van der Waals surface area contributed by atoms with E-state index in [-0.39, 0.29) is 5.91 Å². The second kappa shape index (κ2) is 12.0. The Morgan fingerprint density at radius 3 is 2.56 bits per heavy atom. The smallest absolute Gasteiger partial charge is 0.407 e. The molecule has 0 saturated carbocycles. The lowest BCUT2D eigenvalue weighted by Crippen LogP contribution is -2.34. The number of rotatable bonds is 10. The number of nitrogens with one attached hydrogen (secondary N) is 1. The zero-order chi connectivity index (χ0) is 23.7. The van der Waals surface area contributed by atoms with Gasteiger partial charge in [-0.3, -0.25) is 4.79 Å². The van der Waals surface area contributed by atoms with Crippen LogP contribution in [0.1, 0.15) is 63.6 Å². The number of hydrogen-bond acceptors (Lipinski definition) is 7. The molecule has 1 aromatic heterocycles. The van der Waals surface area contributed by atoms with Gasteiger partial charge in [-0.25, -0.2) is 9.79 Å². The lowest BCUT2D eigenvalue weighted by Gasteiger charge is -2.22. The van der Waals surface area contributed by atoms with E-state index in [9.17, 15) is 9.59 Å². The number of carbonyl (C=O) groups excluding carboxylic acids is 2. The summed E-state index contributed by atoms with van der Waals surface area (Å²) < 4.78 is 10.9. The molecule has 0 aromatic carbocycles. The predicted octanol–water partition coefficient (Wildman–Crippen LogP) is 4.21. The number of amides is 2. The summed E-state index contributed by atoms with van der Waals surface area (Å²) in [5.74, 6) is 0.460. The molecule has 178 valence electrons. The maximum atomic E-state index is 13.1. The molecule has 0 aliphatic carbocycles. The Labute approximate surface area is 194 Å². The van der Waals surface area contributed by atoms with Crippen LogP contribution in [0.25, 0.3) is 6.08 Å². The van der Waals surface area contributed by atoms with Crippen LogP contribution >= 0.6 is 11.3 Å². The average Bonchev–Trinajstić information content (AvgIpc) is 2.98. The highest BCUT2D eigenvalue weighted by atomic mass is 32.1. The fourth-order valence-electron chi connectivity index (χ4n) is 3.21. The van der Waals surface area contributed by atoms with E-state index >= 15 is 0 Å². The van der Waals surface area contributed by atoms with Crippen molar-refractivity contribution in [3.63, 3.8) is 0 Å². The highest BCUT2D eigenvalue weighted by Crippen LogP contribution is 2.35. The molecule has 8 nitrogen and oxygen atoms in total. The molecule has 3 N–H and O–H groups in total. The van der Waals surface area contributed by atoms with E-state index in [0.717, 1.165) is 41.4 Å². The van der Waals surface area contributed by atoms with Crippen LogP contribution in [-0.2, 0) is 20.9 Å². The molecular weight excluding hydrogens is 428 g/mol. The number of fused-ring (bicyclic) bond motifs is 1. The van der Waals surface area contributed by atoms with Gasteiger partial charge in [-0.2, -0.15) is 0 Å². The molecule has 0 atom stereocenters. The third-order valence-electron chi connectivity index (χ3n) is 4.44. The first-order valence-electron chi connectivity index (χ1n) is 11.1. The van der Waals surface area contributed by atoms with Crippen LogP contribution in [0.2, 0.25) is 0 Å². The third kappa shape index (κ3) is 8.27. The average molecular weight is 465 g/mol. The Bertz CT molecular complexity index is 849. The van der Waals surface area contributed by atoms with Gasteiger partial charge in [-0.05, 0) is 45.8 Å². The van der Waals surface area contributed by atoms with Gasteiger partial charge in [0.1, 0.15) is 11.4 Å². The quantitative estimate of drug-likeness (QED) is 0.505. The Morgan fingerprint density at radius 1 is 1.25 bits per heavy atom. The maximum absolute atomic E-state index is 13.1. The molecule has 2 rings (SSSR count). The fraction of sp³-hybridized carbons (Fsp3) is 0.609. The maximum Gasteiger partial charge on any atom is 0.407 e. The van der Waals surface area contributed by atoms with Crippen molar-refractivity contribution in [1.82, 2.24) is 10.2 Å². The molecule has 0 saturated heterocycles. The summed E-state index contributed by atoms with van der Waals surface area (Å²) in [6.07, 6.45) is 3.63. The van der Waals surface area contributed by atoms with E-state index in [1.165, 1.54) is 11.3 Å². The van der Waals surface area contributed by atoms with E-state index in [2.05, 4.69) is 24.2 Å². The Hall–Kier alpha value is -2.39. The van der Waals surface area contributed by atoms with Crippen LogP contribution < -0.4 is 11.1 Å². The van der Waals surface area contributed by atoms with Gasteiger partial charge in [0, 0.05) is 36.5 Å². The van der Waals surface area contributed by atoms with Crippen LogP contribution in [0, 0.1) is 0 Å². The molecule has 1 aliphatic heterocycles. The summed E-state index contributed by atoms with van der Waals surface area (Å²) in [4.78, 5) is 33.0. The molecule has 0 fully saturated rings. The zero-order valence-corrected chi connectivity index (χ0v) is 20.6. The van der Waals surface area contributed by atoms with E-state index in [4.69, 9.17) is 15.2 Å². The van der Waals surface area contributed by atoms with Crippen LogP contribution in [0.3, 0.4) is 0 Å². The predicted molar refractivity (Wildman–Crippen MR) is 129 cm³/mol. The van der Waals surface area contributed by atoms with E-state index < -0.39 is 11.7 Å². The van der Waals surface area contributed by atoms with Gasteiger partial charge >= 0.3 is 6.09 Å². The highest BCUT2D eigenvalue weighted by Gasteiger charge is 2.22. The number of nitrogens with zero attached hydrogens (tertiary/aromatic N) is 2. The minimum absolute atomic E-state index is 0.0270. The number of carbonyl (C=O) groups is 2. The lowest BCUT2D eigenvalue weighted by molar-refractivity contribution is -0.127. The third-order valence-corrected chi connectivity index (χ3v) is 5.48. The molecule has 9 heteroatoms. The molecule has 32 heavy (non-hydrogen) atoms. The van der Waals surface area contributed by atoms with E-state index in [1.807, 2.05) is 37.8 Å². The van der Waals surface area contributed by atoms with Crippen LogP contribution in [0.15, 0.2) is 16.6 Å². The van der Waals surface area contributed by atoms with Crippen molar-refractivity contribution < 1.29 is 19.1 Å². The lowest BCUT2D eigenvalue weighted by atomic mass is 10.1. The normalized spacial score (nSPS) is 13.5. The number of nitrogens with two attached hydrogens (primary N) is 1. The number of thiophene rings is 1. The van der Waals surface area contributed by atoms with Crippen molar-refractivity contribution in [2.75, 3.05) is 26.2 Å². The molecule has 2 heterocycles. The van der Waals surface area contributed by atoms with Gasteiger partial charge in [-0.1, -0.05) is 13.8 Å². The van der Waals surface area contributed by atoms with Crippen LogP contribution in [-0.4, -0.2) is 54.6 Å². The van der Waals surface area contributed by atoms with Crippen LogP contribution in [0.5, 0.6) is 0 Å². The van der Waals surface area contributed by atoms with Crippen molar-refractivity contribution in [2.24, 2.45) is 10.7 Å². The van der Waals surface area contributed by atoms with Crippen molar-refractivity contribution in [1.29, 1.82) is 0 Å². The van der Waals surface area contributed by atoms with Gasteiger partial charge in [-0.15, -0.1) is 11.3 Å². The first-order chi connectivity index (χ1) is 15.1. The van der Waals surface area contributed by atoms with Crippen LogP contribution in [0.4, 0.5) is 10.5 Å². The first kappa shape index (κ1) is 25.9. The summed E-state index contributed by atoms with van der Waals surface area (Å²) >= 11 is 1.54. The zero-order valence-electron chi connectivity index (χ0n) is 19.8. The number of aliphatic imine (C=N–C) groups is 1.